The summed E-state index contributed by atoms with van der Waals surface area (Å²) in [6.45, 7) is 3.60. The van der Waals surface area contributed by atoms with Crippen molar-refractivity contribution in [3.8, 4) is 0 Å². The van der Waals surface area contributed by atoms with E-state index in [1.807, 2.05) is 17.0 Å². The quantitative estimate of drug-likeness (QED) is 0.847. The van der Waals surface area contributed by atoms with Crippen molar-refractivity contribution in [2.75, 3.05) is 20.2 Å². The number of methoxy groups -OCH3 is 1. The van der Waals surface area contributed by atoms with Gasteiger partial charge in [0.15, 0.2) is 0 Å². The van der Waals surface area contributed by atoms with Gasteiger partial charge in [-0.15, -0.1) is 0 Å². The molecule has 1 amide bonds. The van der Waals surface area contributed by atoms with Gasteiger partial charge in [0.25, 0.3) is 0 Å². The maximum Gasteiger partial charge on any atom is 0.230 e. The molecule has 1 aromatic carbocycles. The van der Waals surface area contributed by atoms with Gasteiger partial charge in [-0.05, 0) is 37.5 Å². The molecular formula is C20H25NO3. The minimum atomic E-state index is 0.133. The predicted molar refractivity (Wildman–Crippen MR) is 92.8 cm³/mol. The zero-order valence-corrected chi connectivity index (χ0v) is 14.4. The van der Waals surface area contributed by atoms with Gasteiger partial charge in [0.1, 0.15) is 5.76 Å². The summed E-state index contributed by atoms with van der Waals surface area (Å²) in [5.41, 5.74) is 2.57. The number of aryl methyl sites for hydroxylation is 1. The Morgan fingerprint density at radius 3 is 2.92 bits per heavy atom. The number of benzene rings is 1. The van der Waals surface area contributed by atoms with Crippen LogP contribution in [0.3, 0.4) is 0 Å². The van der Waals surface area contributed by atoms with E-state index >= 15 is 0 Å². The minimum Gasteiger partial charge on any atom is -0.469 e. The third kappa shape index (κ3) is 4.06. The predicted octanol–water partition coefficient (Wildman–Crippen LogP) is 3.24. The summed E-state index contributed by atoms with van der Waals surface area (Å²) in [6.07, 6.45) is 3.97. The fourth-order valence-electron chi connectivity index (χ4n) is 3.56. The number of amides is 1. The highest BCUT2D eigenvalue weighted by Gasteiger charge is 2.31. The molecule has 1 saturated heterocycles. The smallest absolute Gasteiger partial charge is 0.230 e. The van der Waals surface area contributed by atoms with Crippen LogP contribution in [0.4, 0.5) is 0 Å². The Labute approximate surface area is 143 Å². The summed E-state index contributed by atoms with van der Waals surface area (Å²) in [5.74, 6) is 1.18. The van der Waals surface area contributed by atoms with Crippen LogP contribution in [0.2, 0.25) is 0 Å². The van der Waals surface area contributed by atoms with Crippen molar-refractivity contribution in [1.82, 2.24) is 4.90 Å². The summed E-state index contributed by atoms with van der Waals surface area (Å²) in [5, 5.41) is 0. The highest BCUT2D eigenvalue weighted by atomic mass is 16.5. The van der Waals surface area contributed by atoms with Crippen molar-refractivity contribution in [2.24, 2.45) is 5.92 Å². The zero-order valence-electron chi connectivity index (χ0n) is 14.4. The lowest BCUT2D eigenvalue weighted by atomic mass is 9.88. The van der Waals surface area contributed by atoms with Crippen molar-refractivity contribution in [2.45, 2.75) is 32.3 Å². The Morgan fingerprint density at radius 2 is 2.21 bits per heavy atom. The number of furan rings is 1. The summed E-state index contributed by atoms with van der Waals surface area (Å²) in [7, 11) is 1.77. The number of hydrogen-bond donors (Lipinski definition) is 0. The van der Waals surface area contributed by atoms with Crippen LogP contribution in [0.5, 0.6) is 0 Å². The molecule has 1 fully saturated rings. The van der Waals surface area contributed by atoms with Crippen LogP contribution in [-0.4, -0.2) is 37.1 Å². The molecule has 0 bridgehead atoms. The average Bonchev–Trinajstić information content (AvgIpc) is 3.08. The first-order valence-corrected chi connectivity index (χ1v) is 8.54. The monoisotopic (exact) mass is 327 g/mol. The van der Waals surface area contributed by atoms with Crippen LogP contribution >= 0.6 is 0 Å². The first kappa shape index (κ1) is 16.8. The Balaban J connectivity index is 1.66. The third-order valence-corrected chi connectivity index (χ3v) is 4.81. The summed E-state index contributed by atoms with van der Waals surface area (Å²) < 4.78 is 11.0. The van der Waals surface area contributed by atoms with Crippen LogP contribution in [0.1, 0.15) is 23.3 Å². The number of likely N-dealkylation sites (tertiary alicyclic amines) is 1. The SMILES string of the molecule is CO[C@H]1CCN(C(=O)Cc2ccco2)C[C@@H]1Cc1cccc(C)c1. The Hall–Kier alpha value is -2.07. The molecular weight excluding hydrogens is 302 g/mol. The first-order valence-electron chi connectivity index (χ1n) is 8.54. The number of carbonyl (C=O) groups is 1. The molecule has 1 aliphatic rings. The average molecular weight is 327 g/mol. The van der Waals surface area contributed by atoms with Crippen LogP contribution < -0.4 is 0 Å². The largest absolute Gasteiger partial charge is 0.469 e. The standard InChI is InChI=1S/C20H25NO3/c1-15-5-3-6-16(11-15)12-17-14-21(9-8-19(17)23-2)20(22)13-18-7-4-10-24-18/h3-7,10-11,17,19H,8-9,12-14H2,1-2H3/t17-,19-/m0/s1. The topological polar surface area (TPSA) is 42.7 Å². The molecule has 0 aliphatic carbocycles. The highest BCUT2D eigenvalue weighted by Crippen LogP contribution is 2.24. The van der Waals surface area contributed by atoms with Gasteiger partial charge in [-0.1, -0.05) is 29.8 Å². The van der Waals surface area contributed by atoms with Gasteiger partial charge in [0.05, 0.1) is 18.8 Å². The van der Waals surface area contributed by atoms with Crippen molar-refractivity contribution >= 4 is 5.91 Å². The second-order valence-electron chi connectivity index (χ2n) is 6.61. The molecule has 0 unspecified atom stereocenters. The maximum absolute atomic E-state index is 12.5. The van der Waals surface area contributed by atoms with Crippen LogP contribution in [0.15, 0.2) is 47.1 Å². The van der Waals surface area contributed by atoms with Crippen molar-refractivity contribution in [1.29, 1.82) is 0 Å². The van der Waals surface area contributed by atoms with Crippen LogP contribution in [-0.2, 0) is 22.4 Å². The van der Waals surface area contributed by atoms with Crippen molar-refractivity contribution in [3.05, 3.63) is 59.5 Å². The second-order valence-corrected chi connectivity index (χ2v) is 6.61. The normalized spacial score (nSPS) is 21.0. The maximum atomic E-state index is 12.5. The van der Waals surface area contributed by atoms with E-state index < -0.39 is 0 Å². The highest BCUT2D eigenvalue weighted by molar-refractivity contribution is 5.78. The fourth-order valence-corrected chi connectivity index (χ4v) is 3.56. The lowest BCUT2D eigenvalue weighted by Crippen LogP contribution is -2.47. The van der Waals surface area contributed by atoms with Gasteiger partial charge in [-0.25, -0.2) is 0 Å². The molecule has 4 heteroatoms. The molecule has 2 atom stereocenters. The molecule has 1 aliphatic heterocycles. The molecule has 3 rings (SSSR count). The molecule has 0 spiro atoms. The fraction of sp³-hybridized carbons (Fsp3) is 0.450. The molecule has 24 heavy (non-hydrogen) atoms. The van der Waals surface area contributed by atoms with E-state index in [1.54, 1.807) is 13.4 Å². The van der Waals surface area contributed by atoms with E-state index in [9.17, 15) is 4.79 Å². The Morgan fingerprint density at radius 1 is 1.33 bits per heavy atom. The summed E-state index contributed by atoms with van der Waals surface area (Å²) >= 11 is 0. The van der Waals surface area contributed by atoms with Crippen LogP contribution in [0.25, 0.3) is 0 Å². The molecule has 4 nitrogen and oxygen atoms in total. The third-order valence-electron chi connectivity index (χ3n) is 4.81. The molecule has 0 N–H and O–H groups in total. The molecule has 2 aromatic rings. The molecule has 1 aromatic heterocycles. The second kappa shape index (κ2) is 7.67. The number of nitrogens with zero attached hydrogens (tertiary/aromatic N) is 1. The van der Waals surface area contributed by atoms with Gasteiger partial charge in [-0.2, -0.15) is 0 Å². The van der Waals surface area contributed by atoms with Gasteiger partial charge in [0.2, 0.25) is 5.91 Å². The van der Waals surface area contributed by atoms with Gasteiger partial charge < -0.3 is 14.1 Å². The molecule has 0 saturated carbocycles. The summed E-state index contributed by atoms with van der Waals surface area (Å²) in [4.78, 5) is 14.5. The van der Waals surface area contributed by atoms with E-state index in [4.69, 9.17) is 9.15 Å². The number of hydrogen-bond acceptors (Lipinski definition) is 3. The van der Waals surface area contributed by atoms with E-state index in [0.29, 0.717) is 12.3 Å². The van der Waals surface area contributed by atoms with E-state index in [1.165, 1.54) is 11.1 Å². The van der Waals surface area contributed by atoms with E-state index in [0.717, 1.165) is 31.7 Å². The minimum absolute atomic E-state index is 0.133. The van der Waals surface area contributed by atoms with Gasteiger partial charge in [-0.3, -0.25) is 4.79 Å². The van der Waals surface area contributed by atoms with E-state index in [-0.39, 0.29) is 12.0 Å². The number of ether oxygens (including phenoxy) is 1. The van der Waals surface area contributed by atoms with E-state index in [2.05, 4.69) is 31.2 Å². The zero-order chi connectivity index (χ0) is 16.9. The van der Waals surface area contributed by atoms with Gasteiger partial charge in [0, 0.05) is 26.1 Å². The Bertz CT molecular complexity index is 665. The van der Waals surface area contributed by atoms with Crippen molar-refractivity contribution < 1.29 is 13.9 Å². The summed E-state index contributed by atoms with van der Waals surface area (Å²) in [6, 6.07) is 12.2. The number of carbonyl (C=O) groups excluding carboxylic acids is 1. The van der Waals surface area contributed by atoms with Crippen molar-refractivity contribution in [3.63, 3.8) is 0 Å². The number of piperidine rings is 1. The molecule has 128 valence electrons. The lowest BCUT2D eigenvalue weighted by Gasteiger charge is -2.38. The van der Waals surface area contributed by atoms with Crippen LogP contribution in [0, 0.1) is 12.8 Å². The van der Waals surface area contributed by atoms with Gasteiger partial charge >= 0.3 is 0 Å². The first-order chi connectivity index (χ1) is 11.7. The molecule has 0 radical (unpaired) electrons. The Kier molecular flexibility index (Phi) is 5.36. The lowest BCUT2D eigenvalue weighted by molar-refractivity contribution is -0.135. The molecule has 2 heterocycles. The number of rotatable bonds is 5.